The molecular weight excluding hydrogens is 354 g/mol. The maximum atomic E-state index is 12.4. The summed E-state index contributed by atoms with van der Waals surface area (Å²) in [6.45, 7) is 4.46. The summed E-state index contributed by atoms with van der Waals surface area (Å²) in [6.07, 6.45) is 5.43. The van der Waals surface area contributed by atoms with Crippen LogP contribution in [0.3, 0.4) is 0 Å². The molecule has 7 heteroatoms. The average molecular weight is 381 g/mol. The van der Waals surface area contributed by atoms with Crippen molar-refractivity contribution in [1.82, 2.24) is 20.5 Å². The summed E-state index contributed by atoms with van der Waals surface area (Å²) < 4.78 is 0. The van der Waals surface area contributed by atoms with E-state index >= 15 is 0 Å². The Morgan fingerprint density at radius 2 is 1.79 bits per heavy atom. The highest BCUT2D eigenvalue weighted by molar-refractivity contribution is 5.93. The van der Waals surface area contributed by atoms with Crippen LogP contribution in [0.1, 0.15) is 25.3 Å². The molecule has 3 amide bonds. The van der Waals surface area contributed by atoms with E-state index in [1.807, 2.05) is 42.7 Å². The van der Waals surface area contributed by atoms with Gasteiger partial charge in [0, 0.05) is 43.8 Å². The molecule has 1 aromatic heterocycles. The monoisotopic (exact) mass is 381 g/mol. The van der Waals surface area contributed by atoms with Gasteiger partial charge in [0.1, 0.15) is 6.04 Å². The number of aromatic nitrogens is 1. The van der Waals surface area contributed by atoms with Crippen LogP contribution >= 0.6 is 0 Å². The van der Waals surface area contributed by atoms with Gasteiger partial charge in [0.05, 0.1) is 0 Å². The molecule has 0 bridgehead atoms. The van der Waals surface area contributed by atoms with Crippen LogP contribution in [-0.2, 0) is 11.3 Å². The van der Waals surface area contributed by atoms with E-state index in [0.29, 0.717) is 5.69 Å². The maximum absolute atomic E-state index is 12.4. The Morgan fingerprint density at radius 1 is 1.11 bits per heavy atom. The Balaban J connectivity index is 1.38. The summed E-state index contributed by atoms with van der Waals surface area (Å²) in [5, 5.41) is 8.45. The summed E-state index contributed by atoms with van der Waals surface area (Å²) in [7, 11) is 0. The number of nitrogens with one attached hydrogen (secondary N) is 3. The predicted octanol–water partition coefficient (Wildman–Crippen LogP) is 2.37. The molecule has 0 saturated carbocycles. The smallest absolute Gasteiger partial charge is 0.319 e. The molecule has 0 aliphatic carbocycles. The van der Waals surface area contributed by atoms with Gasteiger partial charge in [0.15, 0.2) is 0 Å². The van der Waals surface area contributed by atoms with Crippen molar-refractivity contribution < 1.29 is 9.59 Å². The first-order chi connectivity index (χ1) is 13.6. The molecule has 28 heavy (non-hydrogen) atoms. The zero-order valence-electron chi connectivity index (χ0n) is 16.1. The SMILES string of the molecule is CC(NC(=O)Nc1ccccc1)C(=O)NC1CCN(Cc2ccncc2)CC1. The number of hydrogen-bond acceptors (Lipinski definition) is 4. The van der Waals surface area contributed by atoms with E-state index in [9.17, 15) is 9.59 Å². The molecule has 1 fully saturated rings. The number of likely N-dealkylation sites (tertiary alicyclic amines) is 1. The summed E-state index contributed by atoms with van der Waals surface area (Å²) in [4.78, 5) is 30.8. The van der Waals surface area contributed by atoms with E-state index < -0.39 is 6.04 Å². The second kappa shape index (κ2) is 9.85. The topological polar surface area (TPSA) is 86.4 Å². The van der Waals surface area contributed by atoms with Gasteiger partial charge < -0.3 is 16.0 Å². The molecule has 3 N–H and O–H groups in total. The van der Waals surface area contributed by atoms with Crippen LogP contribution in [0.2, 0.25) is 0 Å². The summed E-state index contributed by atoms with van der Waals surface area (Å²) in [5.41, 5.74) is 1.94. The molecule has 148 valence electrons. The fourth-order valence-electron chi connectivity index (χ4n) is 3.26. The highest BCUT2D eigenvalue weighted by Gasteiger charge is 2.23. The van der Waals surface area contributed by atoms with E-state index in [2.05, 4.69) is 25.8 Å². The number of amides is 3. The van der Waals surface area contributed by atoms with Crippen molar-refractivity contribution >= 4 is 17.6 Å². The minimum Gasteiger partial charge on any atom is -0.351 e. The largest absolute Gasteiger partial charge is 0.351 e. The Morgan fingerprint density at radius 3 is 2.46 bits per heavy atom. The first-order valence-corrected chi connectivity index (χ1v) is 9.64. The van der Waals surface area contributed by atoms with Gasteiger partial charge in [0.2, 0.25) is 5.91 Å². The third-order valence-electron chi connectivity index (χ3n) is 4.86. The van der Waals surface area contributed by atoms with E-state index in [1.165, 1.54) is 5.56 Å². The molecule has 1 unspecified atom stereocenters. The number of urea groups is 1. The first-order valence-electron chi connectivity index (χ1n) is 9.64. The van der Waals surface area contributed by atoms with Crippen LogP contribution in [0.15, 0.2) is 54.9 Å². The van der Waals surface area contributed by atoms with E-state index in [1.54, 1.807) is 19.1 Å². The summed E-state index contributed by atoms with van der Waals surface area (Å²) in [5.74, 6) is -0.157. The number of anilines is 1. The zero-order chi connectivity index (χ0) is 19.8. The fraction of sp³-hybridized carbons (Fsp3) is 0.381. The minimum atomic E-state index is -0.599. The number of carbonyl (C=O) groups is 2. The van der Waals surface area contributed by atoms with Crippen molar-refractivity contribution in [3.8, 4) is 0 Å². The van der Waals surface area contributed by atoms with Crippen molar-refractivity contribution in [2.75, 3.05) is 18.4 Å². The number of carbonyl (C=O) groups excluding carboxylic acids is 2. The summed E-state index contributed by atoms with van der Waals surface area (Å²) >= 11 is 0. The van der Waals surface area contributed by atoms with Crippen molar-refractivity contribution in [1.29, 1.82) is 0 Å². The average Bonchev–Trinajstić information content (AvgIpc) is 2.71. The Kier molecular flexibility index (Phi) is 6.97. The molecule has 2 aromatic rings. The van der Waals surface area contributed by atoms with Crippen molar-refractivity contribution in [3.05, 3.63) is 60.4 Å². The van der Waals surface area contributed by atoms with Crippen molar-refractivity contribution in [3.63, 3.8) is 0 Å². The van der Waals surface area contributed by atoms with E-state index in [4.69, 9.17) is 0 Å². The summed E-state index contributed by atoms with van der Waals surface area (Å²) in [6, 6.07) is 12.4. The number of para-hydroxylation sites is 1. The quantitative estimate of drug-likeness (QED) is 0.717. The Bertz CT molecular complexity index is 761. The lowest BCUT2D eigenvalue weighted by Gasteiger charge is -2.32. The lowest BCUT2D eigenvalue weighted by Crippen LogP contribution is -2.51. The Hall–Kier alpha value is -2.93. The second-order valence-corrected chi connectivity index (χ2v) is 7.10. The van der Waals surface area contributed by atoms with Gasteiger partial charge in [-0.2, -0.15) is 0 Å². The third kappa shape index (κ3) is 6.06. The van der Waals surface area contributed by atoms with Crippen LogP contribution in [0, 0.1) is 0 Å². The van der Waals surface area contributed by atoms with Crippen molar-refractivity contribution in [2.45, 2.75) is 38.4 Å². The number of hydrogen-bond donors (Lipinski definition) is 3. The predicted molar refractivity (Wildman–Crippen MR) is 109 cm³/mol. The van der Waals surface area contributed by atoms with Gasteiger partial charge in [-0.15, -0.1) is 0 Å². The number of piperidine rings is 1. The molecule has 1 saturated heterocycles. The van der Waals surface area contributed by atoms with Crippen molar-refractivity contribution in [2.24, 2.45) is 0 Å². The maximum Gasteiger partial charge on any atom is 0.319 e. The number of pyridine rings is 1. The molecule has 1 aromatic carbocycles. The van der Waals surface area contributed by atoms with Crippen LogP contribution in [0.4, 0.5) is 10.5 Å². The molecule has 2 heterocycles. The molecule has 1 aliphatic rings. The molecule has 1 aliphatic heterocycles. The molecule has 0 spiro atoms. The Labute approximate surface area is 165 Å². The van der Waals surface area contributed by atoms with Crippen LogP contribution in [-0.4, -0.2) is 47.0 Å². The highest BCUT2D eigenvalue weighted by atomic mass is 16.2. The molecule has 3 rings (SSSR count). The fourth-order valence-corrected chi connectivity index (χ4v) is 3.26. The number of benzene rings is 1. The van der Waals surface area contributed by atoms with Crippen LogP contribution in [0.5, 0.6) is 0 Å². The standard InChI is InChI=1S/C21H27N5O2/c1-16(23-21(28)25-18-5-3-2-4-6-18)20(27)24-19-9-13-26(14-10-19)15-17-7-11-22-12-8-17/h2-8,11-12,16,19H,9-10,13-15H2,1H3,(H,24,27)(H2,23,25,28). The van der Waals surface area contributed by atoms with E-state index in [0.717, 1.165) is 32.5 Å². The number of rotatable bonds is 6. The minimum absolute atomic E-state index is 0.141. The highest BCUT2D eigenvalue weighted by Crippen LogP contribution is 2.13. The van der Waals surface area contributed by atoms with Crippen LogP contribution < -0.4 is 16.0 Å². The van der Waals surface area contributed by atoms with Gasteiger partial charge in [-0.3, -0.25) is 14.7 Å². The lowest BCUT2D eigenvalue weighted by atomic mass is 10.0. The van der Waals surface area contributed by atoms with Crippen LogP contribution in [0.25, 0.3) is 0 Å². The van der Waals surface area contributed by atoms with E-state index in [-0.39, 0.29) is 18.0 Å². The van der Waals surface area contributed by atoms with Gasteiger partial charge in [-0.05, 0) is 49.6 Å². The third-order valence-corrected chi connectivity index (χ3v) is 4.86. The van der Waals surface area contributed by atoms with Gasteiger partial charge in [-0.1, -0.05) is 18.2 Å². The normalized spacial score (nSPS) is 16.2. The zero-order valence-corrected chi connectivity index (χ0v) is 16.1. The van der Waals surface area contributed by atoms with Gasteiger partial charge in [0.25, 0.3) is 0 Å². The lowest BCUT2D eigenvalue weighted by molar-refractivity contribution is -0.123. The number of nitrogens with zero attached hydrogens (tertiary/aromatic N) is 2. The van der Waals surface area contributed by atoms with Gasteiger partial charge in [-0.25, -0.2) is 4.79 Å². The van der Waals surface area contributed by atoms with Gasteiger partial charge >= 0.3 is 6.03 Å². The molecular formula is C21H27N5O2. The first kappa shape index (κ1) is 19.8. The molecule has 7 nitrogen and oxygen atoms in total. The second-order valence-electron chi connectivity index (χ2n) is 7.10. The molecule has 0 radical (unpaired) electrons. The molecule has 1 atom stereocenters.